The lowest BCUT2D eigenvalue weighted by molar-refractivity contribution is -0.0277. The van der Waals surface area contributed by atoms with Crippen molar-refractivity contribution in [1.82, 2.24) is 14.9 Å². The van der Waals surface area contributed by atoms with Crippen LogP contribution >= 0.6 is 22.9 Å². The normalized spacial score (nSPS) is 19.8. The van der Waals surface area contributed by atoms with Crippen LogP contribution in [0.3, 0.4) is 0 Å². The van der Waals surface area contributed by atoms with E-state index in [1.807, 2.05) is 6.92 Å². The molecule has 42 heavy (non-hydrogen) atoms. The summed E-state index contributed by atoms with van der Waals surface area (Å²) in [5.74, 6) is -0.266. The average Bonchev–Trinajstić information content (AvgIpc) is 3.53. The van der Waals surface area contributed by atoms with Gasteiger partial charge in [-0.3, -0.25) is 4.90 Å². The fraction of sp³-hybridized carbons (Fsp3) is 0.433. The average molecular weight is 611 g/mol. The fourth-order valence-electron chi connectivity index (χ4n) is 6.61. The Morgan fingerprint density at radius 1 is 1.26 bits per heavy atom. The van der Waals surface area contributed by atoms with Gasteiger partial charge < -0.3 is 20.1 Å². The summed E-state index contributed by atoms with van der Waals surface area (Å²) in [7, 11) is 2.07. The highest BCUT2D eigenvalue weighted by molar-refractivity contribution is 7.23. The van der Waals surface area contributed by atoms with Crippen LogP contribution in [0.25, 0.3) is 32.1 Å². The third-order valence-electron chi connectivity index (χ3n) is 8.81. The largest absolute Gasteiger partial charge is 0.459 e. The number of benzene rings is 2. The van der Waals surface area contributed by atoms with Crippen molar-refractivity contribution >= 4 is 54.7 Å². The lowest BCUT2D eigenvalue weighted by Crippen LogP contribution is -2.42. The predicted octanol–water partition coefficient (Wildman–Crippen LogP) is 5.77. The Labute approximate surface area is 250 Å². The maximum absolute atomic E-state index is 16.9. The van der Waals surface area contributed by atoms with Crippen molar-refractivity contribution in [2.75, 3.05) is 50.5 Å². The van der Waals surface area contributed by atoms with E-state index in [0.29, 0.717) is 61.0 Å². The van der Waals surface area contributed by atoms with Crippen LogP contribution in [-0.2, 0) is 11.2 Å². The Bertz CT molecular complexity index is 1790. The summed E-state index contributed by atoms with van der Waals surface area (Å²) in [5.41, 5.74) is 7.35. The van der Waals surface area contributed by atoms with E-state index in [-0.39, 0.29) is 54.9 Å². The number of nitrogen functional groups attached to an aromatic ring is 1. The molecule has 0 amide bonds. The zero-order chi connectivity index (χ0) is 29.3. The maximum Gasteiger partial charge on any atom is 0.319 e. The number of nitriles is 1. The summed E-state index contributed by atoms with van der Waals surface area (Å²) in [5, 5.41) is 11.0. The predicted molar refractivity (Wildman–Crippen MR) is 160 cm³/mol. The van der Waals surface area contributed by atoms with Gasteiger partial charge in [0, 0.05) is 36.0 Å². The molecule has 2 N–H and O–H groups in total. The molecule has 2 aromatic heterocycles. The van der Waals surface area contributed by atoms with E-state index in [1.165, 1.54) is 12.1 Å². The molecule has 4 aromatic rings. The third kappa shape index (κ3) is 4.27. The molecule has 0 spiro atoms. The standard InChI is InChI=1S/C30H29ClF2N6O2S/c1-14(20-4-3-8-38(20)2)41-30-36-26-23-17(7-9-39(29(23)37-30)11-15-12-40-13-15)24(31)22(25(26)33)16-5-6-19(32)27-21(16)18(10-34)28(35)42-27/h5-6,14-15,20H,3-4,7-9,11-13,35H2,1-2H3/t14-,20-/m0/s1. The van der Waals surface area contributed by atoms with Crippen LogP contribution in [0.1, 0.15) is 30.9 Å². The number of thiophene rings is 1. The molecule has 3 aliphatic rings. The van der Waals surface area contributed by atoms with Crippen molar-refractivity contribution in [3.05, 3.63) is 39.9 Å². The van der Waals surface area contributed by atoms with Crippen molar-refractivity contribution < 1.29 is 18.3 Å². The number of anilines is 2. The Morgan fingerprint density at radius 3 is 2.76 bits per heavy atom. The first-order valence-electron chi connectivity index (χ1n) is 14.1. The van der Waals surface area contributed by atoms with Gasteiger partial charge in [-0.2, -0.15) is 15.2 Å². The third-order valence-corrected chi connectivity index (χ3v) is 10.3. The summed E-state index contributed by atoms with van der Waals surface area (Å²) >= 11 is 7.98. The topological polar surface area (TPSA) is 101 Å². The first-order valence-corrected chi connectivity index (χ1v) is 15.3. The van der Waals surface area contributed by atoms with Crippen molar-refractivity contribution in [1.29, 1.82) is 5.26 Å². The number of aromatic nitrogens is 2. The molecule has 12 heteroatoms. The lowest BCUT2D eigenvalue weighted by Gasteiger charge is -2.36. The van der Waals surface area contributed by atoms with Crippen LogP contribution in [-0.4, -0.2) is 66.9 Å². The van der Waals surface area contributed by atoms with Gasteiger partial charge in [0.25, 0.3) is 0 Å². The molecular weight excluding hydrogens is 582 g/mol. The van der Waals surface area contributed by atoms with Crippen LogP contribution in [0.15, 0.2) is 12.1 Å². The second-order valence-corrected chi connectivity index (χ2v) is 12.8. The molecule has 7 rings (SSSR count). The molecule has 0 saturated carbocycles. The number of hydrogen-bond donors (Lipinski definition) is 1. The van der Waals surface area contributed by atoms with Crippen molar-refractivity contribution in [3.8, 4) is 23.2 Å². The van der Waals surface area contributed by atoms with E-state index in [2.05, 4.69) is 27.9 Å². The second-order valence-electron chi connectivity index (χ2n) is 11.4. The summed E-state index contributed by atoms with van der Waals surface area (Å²) in [6, 6.07) is 5.07. The minimum atomic E-state index is -0.673. The number of hydrogen-bond acceptors (Lipinski definition) is 9. The van der Waals surface area contributed by atoms with Gasteiger partial charge in [-0.1, -0.05) is 17.7 Å². The molecule has 0 aliphatic carbocycles. The van der Waals surface area contributed by atoms with Gasteiger partial charge in [-0.25, -0.2) is 8.78 Å². The van der Waals surface area contributed by atoms with Crippen molar-refractivity contribution in [2.45, 2.75) is 38.3 Å². The van der Waals surface area contributed by atoms with E-state index in [1.54, 1.807) is 0 Å². The zero-order valence-corrected chi connectivity index (χ0v) is 24.8. The van der Waals surface area contributed by atoms with Crippen LogP contribution in [0.2, 0.25) is 5.02 Å². The summed E-state index contributed by atoms with van der Waals surface area (Å²) in [6.45, 7) is 5.66. The van der Waals surface area contributed by atoms with Gasteiger partial charge in [0.1, 0.15) is 34.3 Å². The zero-order valence-electron chi connectivity index (χ0n) is 23.2. The molecule has 0 bridgehead atoms. The van der Waals surface area contributed by atoms with E-state index < -0.39 is 11.6 Å². The molecule has 2 aromatic carbocycles. The summed E-state index contributed by atoms with van der Waals surface area (Å²) < 4.78 is 43.6. The van der Waals surface area contributed by atoms with Gasteiger partial charge in [0.05, 0.1) is 33.9 Å². The van der Waals surface area contributed by atoms with Crippen LogP contribution < -0.4 is 15.4 Å². The number of rotatable bonds is 6. The number of halogens is 3. The molecule has 2 saturated heterocycles. The molecular formula is C30H29ClF2N6O2S. The molecule has 0 radical (unpaired) electrons. The number of nitrogens with zero attached hydrogens (tertiary/aromatic N) is 5. The smallest absolute Gasteiger partial charge is 0.319 e. The molecule has 5 heterocycles. The first-order chi connectivity index (χ1) is 20.3. The van der Waals surface area contributed by atoms with Gasteiger partial charge >= 0.3 is 6.01 Å². The second kappa shape index (κ2) is 10.5. The van der Waals surface area contributed by atoms with Crippen LogP contribution in [0.4, 0.5) is 19.6 Å². The summed E-state index contributed by atoms with van der Waals surface area (Å²) in [4.78, 5) is 13.9. The molecule has 8 nitrogen and oxygen atoms in total. The minimum absolute atomic E-state index is 0.0680. The van der Waals surface area contributed by atoms with Crippen LogP contribution in [0.5, 0.6) is 6.01 Å². The number of ether oxygens (including phenoxy) is 2. The van der Waals surface area contributed by atoms with Gasteiger partial charge in [0.15, 0.2) is 5.82 Å². The molecule has 3 aliphatic heterocycles. The Morgan fingerprint density at radius 2 is 2.07 bits per heavy atom. The van der Waals surface area contributed by atoms with E-state index in [9.17, 15) is 9.65 Å². The molecule has 218 valence electrons. The summed E-state index contributed by atoms with van der Waals surface area (Å²) in [6.07, 6.45) is 2.41. The maximum atomic E-state index is 16.9. The minimum Gasteiger partial charge on any atom is -0.459 e. The number of likely N-dealkylation sites (tertiary alicyclic amines) is 1. The Hall–Kier alpha value is -3.30. The number of likely N-dealkylation sites (N-methyl/N-ethyl adjacent to an activating group) is 1. The Balaban J connectivity index is 1.45. The van der Waals surface area contributed by atoms with Crippen LogP contribution in [0, 0.1) is 28.9 Å². The number of nitrogens with two attached hydrogens (primary N) is 1. The van der Waals surface area contributed by atoms with Crippen molar-refractivity contribution in [3.63, 3.8) is 0 Å². The van der Waals surface area contributed by atoms with Gasteiger partial charge in [0.2, 0.25) is 0 Å². The van der Waals surface area contributed by atoms with Gasteiger partial charge in [-0.05, 0) is 57.0 Å². The lowest BCUT2D eigenvalue weighted by atomic mass is 9.92. The highest BCUT2D eigenvalue weighted by Crippen LogP contribution is 2.48. The first kappa shape index (κ1) is 27.5. The quantitative estimate of drug-likeness (QED) is 0.294. The van der Waals surface area contributed by atoms with Gasteiger partial charge in [-0.15, -0.1) is 11.3 Å². The number of fused-ring (bicyclic) bond motifs is 1. The molecule has 0 unspecified atom stereocenters. The fourth-order valence-corrected chi connectivity index (χ4v) is 7.93. The Kier molecular flexibility index (Phi) is 6.85. The highest BCUT2D eigenvalue weighted by atomic mass is 35.5. The molecule has 2 atom stereocenters. The molecule has 2 fully saturated rings. The van der Waals surface area contributed by atoms with Crippen molar-refractivity contribution in [2.24, 2.45) is 5.92 Å². The van der Waals surface area contributed by atoms with E-state index >= 15 is 4.39 Å². The highest BCUT2D eigenvalue weighted by Gasteiger charge is 2.34. The van der Waals surface area contributed by atoms with E-state index in [4.69, 9.17) is 31.8 Å². The van der Waals surface area contributed by atoms with E-state index in [0.717, 1.165) is 30.7 Å². The SMILES string of the molecule is C[C@H](Oc1nc2c3c(c(Cl)c(-c4ccc(F)c5sc(N)c(C#N)c45)c(F)c3n1)CCN2CC1COC1)[C@@H]1CCCN1C. The monoisotopic (exact) mass is 610 g/mol.